The first kappa shape index (κ1) is 13.9. The lowest BCUT2D eigenvalue weighted by Crippen LogP contribution is -2.21. The molecular weight excluding hydrogens is 257 g/mol. The van der Waals surface area contributed by atoms with E-state index < -0.39 is 5.82 Å². The van der Waals surface area contributed by atoms with Gasteiger partial charge in [0, 0.05) is 29.2 Å². The second-order valence-electron chi connectivity index (χ2n) is 4.35. The van der Waals surface area contributed by atoms with Crippen LogP contribution in [0.4, 0.5) is 10.2 Å². The molecule has 1 aromatic heterocycles. The maximum Gasteiger partial charge on any atom is 0.151 e. The zero-order chi connectivity index (χ0) is 14.5. The molecule has 0 atom stereocenters. The Morgan fingerprint density at radius 1 is 1.45 bits per heavy atom. The highest BCUT2D eigenvalue weighted by molar-refractivity contribution is 5.74. The third kappa shape index (κ3) is 3.06. The summed E-state index contributed by atoms with van der Waals surface area (Å²) in [5.74, 6) is 0.170. The second kappa shape index (κ2) is 6.06. The fourth-order valence-corrected chi connectivity index (χ4v) is 1.78. The fraction of sp³-hybridized carbons (Fsp3) is 0.133. The molecule has 0 N–H and O–H groups in total. The van der Waals surface area contributed by atoms with Crippen molar-refractivity contribution in [3.05, 3.63) is 66.0 Å². The van der Waals surface area contributed by atoms with Crippen molar-refractivity contribution in [3.8, 4) is 0 Å². The predicted molar refractivity (Wildman–Crippen MR) is 74.8 cm³/mol. The summed E-state index contributed by atoms with van der Waals surface area (Å²) in [7, 11) is 0. The van der Waals surface area contributed by atoms with Gasteiger partial charge in [0.1, 0.15) is 12.1 Å². The molecule has 0 radical (unpaired) electrons. The zero-order valence-corrected chi connectivity index (χ0v) is 11.1. The number of halogens is 1. The minimum absolute atomic E-state index is 0.277. The van der Waals surface area contributed by atoms with Crippen LogP contribution in [0, 0.1) is 5.82 Å². The van der Waals surface area contributed by atoms with E-state index in [1.165, 1.54) is 6.07 Å². The summed E-state index contributed by atoms with van der Waals surface area (Å²) in [4.78, 5) is 20.5. The first-order chi connectivity index (χ1) is 9.61. The second-order valence-corrected chi connectivity index (χ2v) is 4.35. The topological polar surface area (TPSA) is 46.1 Å². The summed E-state index contributed by atoms with van der Waals surface area (Å²) in [6, 6.07) is 4.39. The maximum absolute atomic E-state index is 13.9. The number of allylic oxidation sites excluding steroid dienone is 1. The predicted octanol–water partition coefficient (Wildman–Crippen LogP) is 2.97. The van der Waals surface area contributed by atoms with Crippen LogP contribution in [-0.2, 0) is 6.54 Å². The van der Waals surface area contributed by atoms with Gasteiger partial charge in [-0.1, -0.05) is 18.7 Å². The fourth-order valence-electron chi connectivity index (χ4n) is 1.78. The van der Waals surface area contributed by atoms with Crippen molar-refractivity contribution in [2.24, 2.45) is 0 Å². The van der Waals surface area contributed by atoms with Crippen LogP contribution < -0.4 is 4.90 Å². The number of aromatic nitrogens is 2. The van der Waals surface area contributed by atoms with Gasteiger partial charge in [0.05, 0.1) is 12.7 Å². The molecular formula is C15H14FN3O. The molecule has 0 aliphatic rings. The van der Waals surface area contributed by atoms with Crippen molar-refractivity contribution in [3.63, 3.8) is 0 Å². The Kier molecular flexibility index (Phi) is 4.20. The van der Waals surface area contributed by atoms with E-state index in [0.717, 1.165) is 5.70 Å². The van der Waals surface area contributed by atoms with E-state index in [-0.39, 0.29) is 6.54 Å². The highest BCUT2D eigenvalue weighted by atomic mass is 19.1. The summed E-state index contributed by atoms with van der Waals surface area (Å²) in [5.41, 5.74) is 1.50. The van der Waals surface area contributed by atoms with Gasteiger partial charge in [-0.05, 0) is 13.0 Å². The molecule has 0 fully saturated rings. The Hall–Kier alpha value is -2.56. The van der Waals surface area contributed by atoms with Crippen LogP contribution in [0.3, 0.4) is 0 Å². The largest absolute Gasteiger partial charge is 0.325 e. The SMILES string of the molecule is C=C(C)N(Cc1ccc(C=O)cc1F)c1cnccn1. The van der Waals surface area contributed by atoms with Crippen molar-refractivity contribution < 1.29 is 9.18 Å². The smallest absolute Gasteiger partial charge is 0.151 e. The summed E-state index contributed by atoms with van der Waals surface area (Å²) in [5, 5.41) is 0. The Bertz CT molecular complexity index is 628. The quantitative estimate of drug-likeness (QED) is 0.784. The van der Waals surface area contributed by atoms with Crippen LogP contribution in [0.25, 0.3) is 0 Å². The molecule has 0 amide bonds. The van der Waals surface area contributed by atoms with E-state index >= 15 is 0 Å². The van der Waals surface area contributed by atoms with Gasteiger partial charge in [0.2, 0.25) is 0 Å². The van der Waals surface area contributed by atoms with Crippen LogP contribution in [-0.4, -0.2) is 16.3 Å². The third-order valence-electron chi connectivity index (χ3n) is 2.83. The van der Waals surface area contributed by atoms with E-state index in [2.05, 4.69) is 16.5 Å². The number of hydrogen-bond donors (Lipinski definition) is 0. The standard InChI is InChI=1S/C15H14FN3O/c1-11(2)19(15-8-17-5-6-18-15)9-13-4-3-12(10-20)7-14(13)16/h3-8,10H,1,9H2,2H3. The molecule has 2 rings (SSSR count). The molecule has 102 valence electrons. The Morgan fingerprint density at radius 3 is 2.80 bits per heavy atom. The molecule has 5 heteroatoms. The number of rotatable bonds is 5. The van der Waals surface area contributed by atoms with Crippen molar-refractivity contribution in [2.45, 2.75) is 13.5 Å². The van der Waals surface area contributed by atoms with E-state index in [4.69, 9.17) is 0 Å². The van der Waals surface area contributed by atoms with Gasteiger partial charge < -0.3 is 4.90 Å². The number of carbonyl (C=O) groups excluding carboxylic acids is 1. The molecule has 0 bridgehead atoms. The number of carbonyl (C=O) groups is 1. The molecule has 20 heavy (non-hydrogen) atoms. The first-order valence-electron chi connectivity index (χ1n) is 6.04. The molecule has 4 nitrogen and oxygen atoms in total. The summed E-state index contributed by atoms with van der Waals surface area (Å²) in [6.45, 7) is 5.96. The lowest BCUT2D eigenvalue weighted by Gasteiger charge is -2.23. The van der Waals surface area contributed by atoms with E-state index in [0.29, 0.717) is 23.2 Å². The van der Waals surface area contributed by atoms with Gasteiger partial charge in [-0.25, -0.2) is 9.37 Å². The van der Waals surface area contributed by atoms with Gasteiger partial charge in [-0.15, -0.1) is 0 Å². The van der Waals surface area contributed by atoms with E-state index in [9.17, 15) is 9.18 Å². The van der Waals surface area contributed by atoms with Crippen molar-refractivity contribution in [2.75, 3.05) is 4.90 Å². The summed E-state index contributed by atoms with van der Waals surface area (Å²) >= 11 is 0. The average molecular weight is 271 g/mol. The molecule has 0 aliphatic heterocycles. The number of nitrogens with zero attached hydrogens (tertiary/aromatic N) is 3. The number of hydrogen-bond acceptors (Lipinski definition) is 4. The van der Waals surface area contributed by atoms with Gasteiger partial charge in [0.25, 0.3) is 0 Å². The molecule has 1 heterocycles. The highest BCUT2D eigenvalue weighted by Crippen LogP contribution is 2.19. The van der Waals surface area contributed by atoms with Gasteiger partial charge in [-0.2, -0.15) is 0 Å². The van der Waals surface area contributed by atoms with Crippen LogP contribution in [0.5, 0.6) is 0 Å². The molecule has 0 aliphatic carbocycles. The highest BCUT2D eigenvalue weighted by Gasteiger charge is 2.12. The summed E-state index contributed by atoms with van der Waals surface area (Å²) in [6.07, 6.45) is 5.34. The zero-order valence-electron chi connectivity index (χ0n) is 11.1. The van der Waals surface area contributed by atoms with E-state index in [1.54, 1.807) is 35.6 Å². The Morgan fingerprint density at radius 2 is 2.25 bits per heavy atom. The van der Waals surface area contributed by atoms with Gasteiger partial charge >= 0.3 is 0 Å². The van der Waals surface area contributed by atoms with Crippen molar-refractivity contribution >= 4 is 12.1 Å². The molecule has 0 unspecified atom stereocenters. The van der Waals surface area contributed by atoms with Crippen molar-refractivity contribution in [1.29, 1.82) is 0 Å². The monoisotopic (exact) mass is 271 g/mol. The third-order valence-corrected chi connectivity index (χ3v) is 2.83. The molecule has 2 aromatic rings. The lowest BCUT2D eigenvalue weighted by molar-refractivity contribution is 0.112. The van der Waals surface area contributed by atoms with Crippen LogP contribution in [0.1, 0.15) is 22.8 Å². The number of aldehydes is 1. The number of anilines is 1. The minimum atomic E-state index is -0.426. The first-order valence-corrected chi connectivity index (χ1v) is 6.04. The molecule has 0 spiro atoms. The van der Waals surface area contributed by atoms with Crippen molar-refractivity contribution in [1.82, 2.24) is 9.97 Å². The van der Waals surface area contributed by atoms with Crippen LogP contribution >= 0.6 is 0 Å². The number of benzene rings is 1. The van der Waals surface area contributed by atoms with Crippen LogP contribution in [0.15, 0.2) is 49.1 Å². The van der Waals surface area contributed by atoms with E-state index in [1.807, 2.05) is 6.92 Å². The minimum Gasteiger partial charge on any atom is -0.325 e. The maximum atomic E-state index is 13.9. The molecule has 0 saturated heterocycles. The van der Waals surface area contributed by atoms with Gasteiger partial charge in [0.15, 0.2) is 5.82 Å². The normalized spacial score (nSPS) is 10.1. The molecule has 0 saturated carbocycles. The Labute approximate surface area is 116 Å². The average Bonchev–Trinajstić information content (AvgIpc) is 2.46. The van der Waals surface area contributed by atoms with Crippen LogP contribution in [0.2, 0.25) is 0 Å². The van der Waals surface area contributed by atoms with Gasteiger partial charge in [-0.3, -0.25) is 9.78 Å². The molecule has 1 aromatic carbocycles. The Balaban J connectivity index is 2.30. The summed E-state index contributed by atoms with van der Waals surface area (Å²) < 4.78 is 13.9. The lowest BCUT2D eigenvalue weighted by atomic mass is 10.1.